The fourth-order valence-electron chi connectivity index (χ4n) is 6.52. The first kappa shape index (κ1) is 24.8. The molecule has 3 aromatic rings. The fourth-order valence-corrected chi connectivity index (χ4v) is 6.52. The van der Waals surface area contributed by atoms with E-state index in [2.05, 4.69) is 93.3 Å². The highest BCUT2D eigenvalue weighted by atomic mass is 16.5. The largest absolute Gasteiger partial charge is 0.496 e. The highest BCUT2D eigenvalue weighted by Crippen LogP contribution is 2.59. The summed E-state index contributed by atoms with van der Waals surface area (Å²) in [6, 6.07) is 25.3. The maximum atomic E-state index is 13.7. The molecule has 0 radical (unpaired) electrons. The molecule has 0 spiro atoms. The predicted molar refractivity (Wildman–Crippen MR) is 141 cm³/mol. The Morgan fingerprint density at radius 3 is 2.49 bits per heavy atom. The van der Waals surface area contributed by atoms with E-state index in [9.17, 15) is 10.1 Å². The van der Waals surface area contributed by atoms with Gasteiger partial charge in [-0.2, -0.15) is 5.26 Å². The number of nitriles is 1. The molecule has 1 aliphatic heterocycles. The van der Waals surface area contributed by atoms with E-state index in [1.54, 1.807) is 7.11 Å². The molecule has 1 heterocycles. The van der Waals surface area contributed by atoms with Gasteiger partial charge in [0.25, 0.3) is 0 Å². The van der Waals surface area contributed by atoms with Crippen LogP contribution in [0.3, 0.4) is 0 Å². The molecule has 35 heavy (non-hydrogen) atoms. The predicted octanol–water partition coefficient (Wildman–Crippen LogP) is 7.05. The van der Waals surface area contributed by atoms with Gasteiger partial charge in [0.15, 0.2) is 0 Å². The van der Waals surface area contributed by atoms with Crippen LogP contribution in [0.1, 0.15) is 64.0 Å². The number of benzene rings is 3. The van der Waals surface area contributed by atoms with Crippen LogP contribution in [0.5, 0.6) is 5.75 Å². The van der Waals surface area contributed by atoms with Crippen LogP contribution in [0.2, 0.25) is 0 Å². The summed E-state index contributed by atoms with van der Waals surface area (Å²) in [6.45, 7) is 9.79. The standard InChI is InChI=1S/C31H36N2O2/c1-22-19-21-33(28(34)18-11-20-32)31(4,26-16-10-13-23-12-6-7-14-24(23)26)30(2,3)29(22)25-15-8-9-17-27(25)35-5/h6-10,12-17,22,29H,11,18-19,21H2,1-5H3. The first-order valence-electron chi connectivity index (χ1n) is 12.6. The number of para-hydroxylation sites is 1. The molecule has 0 bridgehead atoms. The SMILES string of the molecule is COc1ccccc1C1C(C)CCN(C(=O)CCC#N)C(C)(c2cccc3ccccc23)C1(C)C. The second-order valence-electron chi connectivity index (χ2n) is 10.5. The first-order valence-corrected chi connectivity index (χ1v) is 12.6. The molecule has 3 atom stereocenters. The smallest absolute Gasteiger partial charge is 0.224 e. The van der Waals surface area contributed by atoms with Gasteiger partial charge in [0.05, 0.1) is 18.7 Å². The van der Waals surface area contributed by atoms with E-state index in [0.717, 1.165) is 28.5 Å². The van der Waals surface area contributed by atoms with Crippen LogP contribution in [-0.4, -0.2) is 24.5 Å². The number of carbonyl (C=O) groups is 1. The monoisotopic (exact) mass is 468 g/mol. The third kappa shape index (κ3) is 4.08. The summed E-state index contributed by atoms with van der Waals surface area (Å²) >= 11 is 0. The Hall–Kier alpha value is -3.32. The highest BCUT2D eigenvalue weighted by molar-refractivity contribution is 5.88. The lowest BCUT2D eigenvalue weighted by Gasteiger charge is -2.54. The van der Waals surface area contributed by atoms with E-state index in [1.807, 2.05) is 12.1 Å². The topological polar surface area (TPSA) is 53.3 Å². The summed E-state index contributed by atoms with van der Waals surface area (Å²) in [5, 5.41) is 11.5. The molecule has 0 aliphatic carbocycles. The van der Waals surface area contributed by atoms with Gasteiger partial charge in [0, 0.05) is 19.4 Å². The first-order chi connectivity index (χ1) is 16.8. The summed E-state index contributed by atoms with van der Waals surface area (Å²) in [4.78, 5) is 15.8. The Bertz CT molecular complexity index is 1250. The minimum atomic E-state index is -0.614. The molecule has 1 fully saturated rings. The van der Waals surface area contributed by atoms with Crippen molar-refractivity contribution in [1.82, 2.24) is 4.90 Å². The third-order valence-corrected chi connectivity index (χ3v) is 8.49. The van der Waals surface area contributed by atoms with Gasteiger partial charge >= 0.3 is 0 Å². The number of nitrogens with zero attached hydrogens (tertiary/aromatic N) is 2. The van der Waals surface area contributed by atoms with Crippen LogP contribution < -0.4 is 4.74 Å². The van der Waals surface area contributed by atoms with Crippen molar-refractivity contribution in [2.75, 3.05) is 13.7 Å². The summed E-state index contributed by atoms with van der Waals surface area (Å²) in [7, 11) is 1.73. The van der Waals surface area contributed by atoms with E-state index in [-0.39, 0.29) is 30.1 Å². The quantitative estimate of drug-likeness (QED) is 0.403. The molecule has 1 saturated heterocycles. The van der Waals surface area contributed by atoms with Gasteiger partial charge < -0.3 is 9.64 Å². The Balaban J connectivity index is 2.01. The van der Waals surface area contributed by atoms with Crippen molar-refractivity contribution < 1.29 is 9.53 Å². The number of methoxy groups -OCH3 is 1. The van der Waals surface area contributed by atoms with Crippen molar-refractivity contribution in [2.24, 2.45) is 11.3 Å². The van der Waals surface area contributed by atoms with Crippen LogP contribution >= 0.6 is 0 Å². The molecule has 4 heteroatoms. The molecule has 3 unspecified atom stereocenters. The zero-order valence-electron chi connectivity index (χ0n) is 21.5. The number of hydrogen-bond acceptors (Lipinski definition) is 3. The van der Waals surface area contributed by atoms with Gasteiger partial charge in [-0.05, 0) is 58.6 Å². The second-order valence-corrected chi connectivity index (χ2v) is 10.5. The van der Waals surface area contributed by atoms with E-state index in [4.69, 9.17) is 4.74 Å². The Morgan fingerprint density at radius 2 is 1.74 bits per heavy atom. The third-order valence-electron chi connectivity index (χ3n) is 8.49. The lowest BCUT2D eigenvalue weighted by Crippen LogP contribution is -2.56. The summed E-state index contributed by atoms with van der Waals surface area (Å²) in [5.41, 5.74) is 1.37. The second kappa shape index (κ2) is 9.74. The number of fused-ring (bicyclic) bond motifs is 1. The van der Waals surface area contributed by atoms with Crippen molar-refractivity contribution in [1.29, 1.82) is 5.26 Å². The molecule has 182 valence electrons. The lowest BCUT2D eigenvalue weighted by molar-refractivity contribution is -0.143. The van der Waals surface area contributed by atoms with Gasteiger partial charge in [-0.1, -0.05) is 81.4 Å². The molecule has 1 amide bonds. The number of likely N-dealkylation sites (tertiary alicyclic amines) is 1. The number of amides is 1. The van der Waals surface area contributed by atoms with Gasteiger partial charge in [-0.25, -0.2) is 0 Å². The molecular weight excluding hydrogens is 432 g/mol. The highest BCUT2D eigenvalue weighted by Gasteiger charge is 2.56. The zero-order valence-corrected chi connectivity index (χ0v) is 21.5. The molecule has 1 aliphatic rings. The average Bonchev–Trinajstić information content (AvgIpc) is 2.94. The molecule has 4 nitrogen and oxygen atoms in total. The molecule has 3 aromatic carbocycles. The molecular formula is C31H36N2O2. The number of rotatable bonds is 5. The Labute approximate surface area is 209 Å². The Morgan fingerprint density at radius 1 is 1.06 bits per heavy atom. The van der Waals surface area contributed by atoms with Crippen molar-refractivity contribution in [3.05, 3.63) is 77.9 Å². The zero-order chi connectivity index (χ0) is 25.2. The lowest BCUT2D eigenvalue weighted by atomic mass is 9.57. The number of hydrogen-bond donors (Lipinski definition) is 0. The Kier molecular flexibility index (Phi) is 6.90. The van der Waals surface area contributed by atoms with Crippen molar-refractivity contribution in [3.8, 4) is 11.8 Å². The summed E-state index contributed by atoms with van der Waals surface area (Å²) in [6.07, 6.45) is 1.35. The van der Waals surface area contributed by atoms with Crippen LogP contribution in [0, 0.1) is 22.7 Å². The number of ether oxygens (including phenoxy) is 1. The van der Waals surface area contributed by atoms with Gasteiger partial charge in [-0.15, -0.1) is 0 Å². The van der Waals surface area contributed by atoms with Crippen molar-refractivity contribution in [3.63, 3.8) is 0 Å². The average molecular weight is 469 g/mol. The molecule has 0 aromatic heterocycles. The van der Waals surface area contributed by atoms with E-state index in [0.29, 0.717) is 12.5 Å². The normalized spacial score (nSPS) is 23.9. The maximum absolute atomic E-state index is 13.7. The van der Waals surface area contributed by atoms with Crippen molar-refractivity contribution in [2.45, 2.75) is 58.4 Å². The van der Waals surface area contributed by atoms with E-state index >= 15 is 0 Å². The summed E-state index contributed by atoms with van der Waals surface area (Å²) in [5.74, 6) is 1.41. The molecule has 0 N–H and O–H groups in total. The van der Waals surface area contributed by atoms with E-state index in [1.165, 1.54) is 5.56 Å². The summed E-state index contributed by atoms with van der Waals surface area (Å²) < 4.78 is 5.84. The van der Waals surface area contributed by atoms with Gasteiger partial charge in [0.2, 0.25) is 5.91 Å². The van der Waals surface area contributed by atoms with Crippen LogP contribution in [-0.2, 0) is 10.3 Å². The fraction of sp³-hybridized carbons (Fsp3) is 0.419. The van der Waals surface area contributed by atoms with Crippen molar-refractivity contribution >= 4 is 16.7 Å². The maximum Gasteiger partial charge on any atom is 0.224 e. The van der Waals surface area contributed by atoms with Crippen LogP contribution in [0.4, 0.5) is 0 Å². The van der Waals surface area contributed by atoms with Crippen LogP contribution in [0.15, 0.2) is 66.7 Å². The van der Waals surface area contributed by atoms with Gasteiger partial charge in [-0.3, -0.25) is 4.79 Å². The minimum absolute atomic E-state index is 0.0444. The number of carbonyl (C=O) groups excluding carboxylic acids is 1. The van der Waals surface area contributed by atoms with Crippen LogP contribution in [0.25, 0.3) is 10.8 Å². The van der Waals surface area contributed by atoms with E-state index < -0.39 is 5.54 Å². The minimum Gasteiger partial charge on any atom is -0.496 e. The molecule has 4 rings (SSSR count). The molecule has 0 saturated carbocycles. The van der Waals surface area contributed by atoms with Gasteiger partial charge in [0.1, 0.15) is 5.75 Å².